The highest BCUT2D eigenvalue weighted by Crippen LogP contribution is 2.23. The molecule has 0 bridgehead atoms. The second kappa shape index (κ2) is 48.1. The third kappa shape index (κ3) is 37.9. The van der Waals surface area contributed by atoms with Crippen LogP contribution in [-0.4, -0.2) is 87.5 Å². The first-order valence-corrected chi connectivity index (χ1v) is 28.7. The summed E-state index contributed by atoms with van der Waals surface area (Å²) < 4.78 is 11.3. The number of hydrogen-bond acceptors (Lipinski definition) is 8. The van der Waals surface area contributed by atoms with Crippen molar-refractivity contribution < 1.29 is 39.8 Å². The topological polar surface area (TPSA) is 149 Å². The molecule has 0 saturated carbocycles. The van der Waals surface area contributed by atoms with Crippen LogP contribution >= 0.6 is 0 Å². The van der Waals surface area contributed by atoms with E-state index in [2.05, 4.69) is 43.5 Å². The zero-order valence-electron chi connectivity index (χ0n) is 43.7. The molecule has 0 aliphatic carbocycles. The maximum Gasteiger partial charge on any atom is 0.220 e. The van der Waals surface area contributed by atoms with Crippen LogP contribution in [0.15, 0.2) is 36.5 Å². The number of unbranched alkanes of at least 4 members (excludes halogenated alkanes) is 35. The van der Waals surface area contributed by atoms with Crippen molar-refractivity contribution in [2.45, 2.75) is 314 Å². The molecule has 0 aromatic carbocycles. The average molecular weight is 949 g/mol. The number of rotatable bonds is 49. The Morgan fingerprint density at radius 3 is 1.25 bits per heavy atom. The lowest BCUT2D eigenvalue weighted by atomic mass is 9.99. The molecule has 1 saturated heterocycles. The Bertz CT molecular complexity index is 1150. The summed E-state index contributed by atoms with van der Waals surface area (Å²) in [6.45, 7) is 3.79. The van der Waals surface area contributed by atoms with Gasteiger partial charge in [-0.1, -0.05) is 243 Å². The summed E-state index contributed by atoms with van der Waals surface area (Å²) in [7, 11) is 0. The molecule has 9 heteroatoms. The van der Waals surface area contributed by atoms with E-state index in [1.165, 1.54) is 212 Å². The molecule has 1 amide bonds. The standard InChI is InChI=1S/C58H109NO8/c1-3-5-7-9-11-13-15-17-19-21-23-24-25-26-27-28-29-30-32-34-36-38-40-42-44-46-48-54(62)59-51(50-66-58-57(65)56(64)55(63)53(49-60)67-58)52(61)47-45-43-41-39-37-35-33-31-22-20-18-16-14-12-10-8-6-4-2/h26-27,37,39,45,47,51-53,55-58,60-61,63-65H,3-25,28-36,38,40-44,46,48-50H2,1-2H3,(H,59,62)/b27-26-,39-37+,47-45+. The molecule has 6 N–H and O–H groups in total. The van der Waals surface area contributed by atoms with E-state index in [1.807, 2.05) is 6.08 Å². The highest BCUT2D eigenvalue weighted by atomic mass is 16.7. The fourth-order valence-corrected chi connectivity index (χ4v) is 9.11. The predicted molar refractivity (Wildman–Crippen MR) is 281 cm³/mol. The molecule has 1 aliphatic heterocycles. The Morgan fingerprint density at radius 2 is 0.851 bits per heavy atom. The third-order valence-electron chi connectivity index (χ3n) is 13.7. The van der Waals surface area contributed by atoms with Crippen molar-refractivity contribution in [3.63, 3.8) is 0 Å². The minimum absolute atomic E-state index is 0.185. The van der Waals surface area contributed by atoms with Crippen LogP contribution in [0.4, 0.5) is 0 Å². The van der Waals surface area contributed by atoms with Gasteiger partial charge in [-0.2, -0.15) is 0 Å². The van der Waals surface area contributed by atoms with Gasteiger partial charge in [-0.05, 0) is 57.8 Å². The van der Waals surface area contributed by atoms with Crippen molar-refractivity contribution >= 4 is 5.91 Å². The van der Waals surface area contributed by atoms with Crippen molar-refractivity contribution in [2.75, 3.05) is 13.2 Å². The number of ether oxygens (including phenoxy) is 2. The number of amides is 1. The molecule has 394 valence electrons. The Labute approximate surface area is 412 Å². The lowest BCUT2D eigenvalue weighted by Crippen LogP contribution is -2.60. The van der Waals surface area contributed by atoms with Gasteiger partial charge in [-0.3, -0.25) is 4.79 Å². The van der Waals surface area contributed by atoms with Gasteiger partial charge in [0.1, 0.15) is 24.4 Å². The summed E-state index contributed by atoms with van der Waals surface area (Å²) in [5, 5.41) is 54.4. The van der Waals surface area contributed by atoms with E-state index in [-0.39, 0.29) is 12.5 Å². The van der Waals surface area contributed by atoms with E-state index in [1.54, 1.807) is 6.08 Å². The van der Waals surface area contributed by atoms with E-state index in [9.17, 15) is 30.3 Å². The molecule has 1 fully saturated rings. The molecule has 7 atom stereocenters. The summed E-state index contributed by atoms with van der Waals surface area (Å²) in [5.74, 6) is -0.185. The van der Waals surface area contributed by atoms with E-state index in [4.69, 9.17) is 9.47 Å². The van der Waals surface area contributed by atoms with E-state index in [0.717, 1.165) is 38.5 Å². The summed E-state index contributed by atoms with van der Waals surface area (Å²) in [4.78, 5) is 13.0. The van der Waals surface area contributed by atoms with E-state index < -0.39 is 49.5 Å². The number of nitrogens with one attached hydrogen (secondary N) is 1. The zero-order chi connectivity index (χ0) is 48.7. The SMILES string of the molecule is CCCCCCCCCCCCCC/C=C\CCCCCCCCCCCCC(=O)NC(COC1OC(CO)C(O)C(O)C1O)C(O)/C=C/CC/C=C/CCCCCCCCCCCCCC. The van der Waals surface area contributed by atoms with Crippen molar-refractivity contribution in [3.05, 3.63) is 36.5 Å². The van der Waals surface area contributed by atoms with E-state index >= 15 is 0 Å². The molecule has 0 spiro atoms. The van der Waals surface area contributed by atoms with Crippen LogP contribution in [0.2, 0.25) is 0 Å². The van der Waals surface area contributed by atoms with Crippen LogP contribution in [-0.2, 0) is 14.3 Å². The van der Waals surface area contributed by atoms with Gasteiger partial charge in [-0.15, -0.1) is 0 Å². The monoisotopic (exact) mass is 948 g/mol. The van der Waals surface area contributed by atoms with Gasteiger partial charge in [0.05, 0.1) is 25.4 Å². The Kier molecular flexibility index (Phi) is 45.5. The van der Waals surface area contributed by atoms with Crippen molar-refractivity contribution in [1.29, 1.82) is 0 Å². The summed E-state index contributed by atoms with van der Waals surface area (Å²) in [6.07, 6.45) is 55.0. The van der Waals surface area contributed by atoms with Gasteiger partial charge in [0.25, 0.3) is 0 Å². The first-order chi connectivity index (χ1) is 32.8. The smallest absolute Gasteiger partial charge is 0.220 e. The van der Waals surface area contributed by atoms with Gasteiger partial charge >= 0.3 is 0 Å². The Morgan fingerprint density at radius 1 is 0.493 bits per heavy atom. The second-order valence-corrected chi connectivity index (χ2v) is 20.1. The number of hydrogen-bond donors (Lipinski definition) is 6. The normalized spacial score (nSPS) is 19.9. The van der Waals surface area contributed by atoms with Gasteiger partial charge < -0.3 is 40.3 Å². The molecule has 67 heavy (non-hydrogen) atoms. The number of carbonyl (C=O) groups is 1. The molecule has 1 rings (SSSR count). The third-order valence-corrected chi connectivity index (χ3v) is 13.7. The first kappa shape index (κ1) is 63.4. The fourth-order valence-electron chi connectivity index (χ4n) is 9.11. The number of aliphatic hydroxyl groups excluding tert-OH is 5. The molecule has 1 heterocycles. The average Bonchev–Trinajstić information content (AvgIpc) is 3.33. The highest BCUT2D eigenvalue weighted by Gasteiger charge is 2.44. The van der Waals surface area contributed by atoms with Gasteiger partial charge in [-0.25, -0.2) is 0 Å². The van der Waals surface area contributed by atoms with Crippen LogP contribution in [0.25, 0.3) is 0 Å². The van der Waals surface area contributed by atoms with E-state index in [0.29, 0.717) is 6.42 Å². The van der Waals surface area contributed by atoms with Crippen LogP contribution in [0.3, 0.4) is 0 Å². The maximum atomic E-state index is 13.0. The first-order valence-electron chi connectivity index (χ1n) is 28.7. The molecule has 0 aromatic rings. The van der Waals surface area contributed by atoms with Crippen molar-refractivity contribution in [2.24, 2.45) is 0 Å². The Hall–Kier alpha value is -1.59. The van der Waals surface area contributed by atoms with Gasteiger partial charge in [0.2, 0.25) is 5.91 Å². The maximum absolute atomic E-state index is 13.0. The zero-order valence-corrected chi connectivity index (χ0v) is 43.7. The molecule has 7 unspecified atom stereocenters. The minimum Gasteiger partial charge on any atom is -0.394 e. The highest BCUT2D eigenvalue weighted by molar-refractivity contribution is 5.76. The lowest BCUT2D eigenvalue weighted by molar-refractivity contribution is -0.302. The van der Waals surface area contributed by atoms with Crippen LogP contribution < -0.4 is 5.32 Å². The predicted octanol–water partition coefficient (Wildman–Crippen LogP) is 14.0. The lowest BCUT2D eigenvalue weighted by Gasteiger charge is -2.40. The van der Waals surface area contributed by atoms with Crippen molar-refractivity contribution in [1.82, 2.24) is 5.32 Å². The Balaban J connectivity index is 2.23. The second-order valence-electron chi connectivity index (χ2n) is 20.1. The van der Waals surface area contributed by atoms with Gasteiger partial charge in [0.15, 0.2) is 6.29 Å². The number of allylic oxidation sites excluding steroid dienone is 5. The summed E-state index contributed by atoms with van der Waals surface area (Å²) >= 11 is 0. The molecule has 1 aliphatic rings. The fraction of sp³-hybridized carbons (Fsp3) is 0.879. The van der Waals surface area contributed by atoms with Crippen LogP contribution in [0, 0.1) is 0 Å². The largest absolute Gasteiger partial charge is 0.394 e. The van der Waals surface area contributed by atoms with Gasteiger partial charge in [0, 0.05) is 6.42 Å². The molecule has 0 aromatic heterocycles. The van der Waals surface area contributed by atoms with Crippen LogP contribution in [0.1, 0.15) is 271 Å². The molecular formula is C58H109NO8. The number of carbonyl (C=O) groups excluding carboxylic acids is 1. The summed E-state index contributed by atoms with van der Waals surface area (Å²) in [5.41, 5.74) is 0. The number of aliphatic hydroxyl groups is 5. The minimum atomic E-state index is -1.57. The van der Waals surface area contributed by atoms with Crippen molar-refractivity contribution in [3.8, 4) is 0 Å². The molecular weight excluding hydrogens is 839 g/mol. The quantitative estimate of drug-likeness (QED) is 0.0261. The summed E-state index contributed by atoms with van der Waals surface area (Å²) in [6, 6.07) is -0.822. The van der Waals surface area contributed by atoms with Crippen LogP contribution in [0.5, 0.6) is 0 Å². The molecule has 9 nitrogen and oxygen atoms in total. The molecule has 0 radical (unpaired) electrons.